The van der Waals surface area contributed by atoms with Crippen LogP contribution in [0.5, 0.6) is 0 Å². The molecular weight excluding hydrogens is 320 g/mol. The maximum absolute atomic E-state index is 13.5. The van der Waals surface area contributed by atoms with Crippen molar-refractivity contribution >= 4 is 21.8 Å². The second kappa shape index (κ2) is 5.96. The van der Waals surface area contributed by atoms with Crippen LogP contribution in [0.3, 0.4) is 0 Å². The lowest BCUT2D eigenvalue weighted by atomic mass is 9.92. The second-order valence-electron chi connectivity index (χ2n) is 4.58. The van der Waals surface area contributed by atoms with Crippen molar-refractivity contribution in [1.29, 1.82) is 0 Å². The van der Waals surface area contributed by atoms with E-state index in [9.17, 15) is 13.6 Å². The molecule has 1 amide bonds. The molecule has 0 bridgehead atoms. The number of carbonyl (C=O) groups is 1. The third-order valence-electron chi connectivity index (χ3n) is 3.27. The summed E-state index contributed by atoms with van der Waals surface area (Å²) in [4.78, 5) is 12.1. The van der Waals surface area contributed by atoms with E-state index in [1.54, 1.807) is 0 Å². The van der Waals surface area contributed by atoms with E-state index in [2.05, 4.69) is 21.2 Å². The van der Waals surface area contributed by atoms with Gasteiger partial charge < -0.3 is 10.1 Å². The van der Waals surface area contributed by atoms with E-state index < -0.39 is 28.6 Å². The normalized spacial score (nSPS) is 18.1. The Balaban J connectivity index is 2.20. The minimum Gasteiger partial charge on any atom is -0.381 e. The number of hydrogen-bond acceptors (Lipinski definition) is 2. The quantitative estimate of drug-likeness (QED) is 0.863. The zero-order chi connectivity index (χ0) is 13.9. The molecule has 1 N–H and O–H groups in total. The number of carbonyl (C=O) groups excluding carboxylic acids is 1. The standard InChI is InChI=1S/C13H14BrF2NO2/c14-8-13(4-6-19-7-5-13)17-12(18)11-9(15)2-1-3-10(11)16/h1-3H,4-8H2,(H,17,18). The molecule has 1 saturated heterocycles. The van der Waals surface area contributed by atoms with Crippen LogP contribution in [0.15, 0.2) is 18.2 Å². The SMILES string of the molecule is O=C(NC1(CBr)CCOCC1)c1c(F)cccc1F. The summed E-state index contributed by atoms with van der Waals surface area (Å²) in [7, 11) is 0. The number of halogens is 3. The Morgan fingerprint density at radius 3 is 2.42 bits per heavy atom. The maximum atomic E-state index is 13.5. The van der Waals surface area contributed by atoms with E-state index in [1.165, 1.54) is 6.07 Å². The van der Waals surface area contributed by atoms with Crippen LogP contribution in [0.2, 0.25) is 0 Å². The Bertz CT molecular complexity index is 455. The van der Waals surface area contributed by atoms with Gasteiger partial charge in [-0.15, -0.1) is 0 Å². The number of benzene rings is 1. The fraction of sp³-hybridized carbons (Fsp3) is 0.462. The highest BCUT2D eigenvalue weighted by molar-refractivity contribution is 9.09. The highest BCUT2D eigenvalue weighted by atomic mass is 79.9. The van der Waals surface area contributed by atoms with Crippen molar-refractivity contribution in [3.8, 4) is 0 Å². The average Bonchev–Trinajstić information content (AvgIpc) is 2.39. The number of amides is 1. The van der Waals surface area contributed by atoms with Gasteiger partial charge in [0.15, 0.2) is 0 Å². The summed E-state index contributed by atoms with van der Waals surface area (Å²) in [5, 5.41) is 3.25. The molecule has 1 aliphatic heterocycles. The van der Waals surface area contributed by atoms with Crippen LogP contribution in [-0.2, 0) is 4.74 Å². The number of rotatable bonds is 3. The summed E-state index contributed by atoms with van der Waals surface area (Å²) < 4.78 is 32.3. The Hall–Kier alpha value is -1.01. The minimum atomic E-state index is -0.853. The van der Waals surface area contributed by atoms with Gasteiger partial charge in [-0.25, -0.2) is 8.78 Å². The van der Waals surface area contributed by atoms with Crippen molar-refractivity contribution in [2.75, 3.05) is 18.5 Å². The van der Waals surface area contributed by atoms with E-state index >= 15 is 0 Å². The number of ether oxygens (including phenoxy) is 1. The fourth-order valence-corrected chi connectivity index (χ4v) is 2.77. The molecule has 104 valence electrons. The predicted octanol–water partition coefficient (Wildman–Crippen LogP) is 2.64. The third kappa shape index (κ3) is 3.12. The first-order valence-electron chi connectivity index (χ1n) is 5.98. The molecule has 0 aliphatic carbocycles. The molecule has 0 radical (unpaired) electrons. The molecule has 1 heterocycles. The molecule has 0 unspecified atom stereocenters. The topological polar surface area (TPSA) is 38.3 Å². The van der Waals surface area contributed by atoms with Gasteiger partial charge in [0, 0.05) is 18.5 Å². The number of hydrogen-bond donors (Lipinski definition) is 1. The van der Waals surface area contributed by atoms with E-state index in [1.807, 2.05) is 0 Å². The highest BCUT2D eigenvalue weighted by Gasteiger charge is 2.34. The first-order chi connectivity index (χ1) is 9.08. The van der Waals surface area contributed by atoms with Gasteiger partial charge in [-0.1, -0.05) is 22.0 Å². The Morgan fingerprint density at radius 1 is 1.32 bits per heavy atom. The van der Waals surface area contributed by atoms with E-state index in [4.69, 9.17) is 4.74 Å². The maximum Gasteiger partial charge on any atom is 0.257 e. The van der Waals surface area contributed by atoms with Crippen molar-refractivity contribution < 1.29 is 18.3 Å². The zero-order valence-electron chi connectivity index (χ0n) is 10.2. The molecular formula is C13H14BrF2NO2. The van der Waals surface area contributed by atoms with Crippen molar-refractivity contribution in [3.63, 3.8) is 0 Å². The molecule has 0 spiro atoms. The molecule has 0 saturated carbocycles. The summed E-state index contributed by atoms with van der Waals surface area (Å²) in [6, 6.07) is 3.38. The summed E-state index contributed by atoms with van der Waals surface area (Å²) in [5.74, 6) is -2.43. The molecule has 1 fully saturated rings. The smallest absolute Gasteiger partial charge is 0.257 e. The van der Waals surface area contributed by atoms with Gasteiger partial charge in [-0.05, 0) is 25.0 Å². The molecule has 1 aromatic rings. The van der Waals surface area contributed by atoms with Gasteiger partial charge in [0.05, 0.1) is 5.54 Å². The molecule has 1 aromatic carbocycles. The average molecular weight is 334 g/mol. The molecule has 1 aliphatic rings. The van der Waals surface area contributed by atoms with Gasteiger partial charge >= 0.3 is 0 Å². The van der Waals surface area contributed by atoms with Crippen LogP contribution in [0.1, 0.15) is 23.2 Å². The molecule has 2 rings (SSSR count). The number of alkyl halides is 1. The van der Waals surface area contributed by atoms with Gasteiger partial charge in [-0.2, -0.15) is 0 Å². The van der Waals surface area contributed by atoms with Gasteiger partial charge in [0.25, 0.3) is 5.91 Å². The van der Waals surface area contributed by atoms with E-state index in [-0.39, 0.29) is 0 Å². The first-order valence-corrected chi connectivity index (χ1v) is 7.10. The van der Waals surface area contributed by atoms with E-state index in [0.717, 1.165) is 12.1 Å². The number of nitrogens with one attached hydrogen (secondary N) is 1. The second-order valence-corrected chi connectivity index (χ2v) is 5.14. The first kappa shape index (κ1) is 14.4. The Kier molecular flexibility index (Phi) is 4.52. The summed E-state index contributed by atoms with van der Waals surface area (Å²) in [6.07, 6.45) is 1.22. The Morgan fingerprint density at radius 2 is 1.89 bits per heavy atom. The van der Waals surface area contributed by atoms with Crippen LogP contribution in [0.4, 0.5) is 8.78 Å². The Labute approximate surface area is 118 Å². The van der Waals surface area contributed by atoms with Crippen LogP contribution in [-0.4, -0.2) is 30.0 Å². The summed E-state index contributed by atoms with van der Waals surface area (Å²) >= 11 is 3.35. The van der Waals surface area contributed by atoms with Gasteiger partial charge in [0.2, 0.25) is 0 Å². The van der Waals surface area contributed by atoms with Crippen LogP contribution >= 0.6 is 15.9 Å². The third-order valence-corrected chi connectivity index (χ3v) is 4.35. The predicted molar refractivity (Wildman–Crippen MR) is 70.4 cm³/mol. The summed E-state index contributed by atoms with van der Waals surface area (Å²) in [6.45, 7) is 1.04. The lowest BCUT2D eigenvalue weighted by Crippen LogP contribution is -2.53. The van der Waals surface area contributed by atoms with Crippen molar-refractivity contribution in [1.82, 2.24) is 5.32 Å². The minimum absolute atomic E-state index is 0.510. The van der Waals surface area contributed by atoms with E-state index in [0.29, 0.717) is 31.4 Å². The zero-order valence-corrected chi connectivity index (χ0v) is 11.8. The highest BCUT2D eigenvalue weighted by Crippen LogP contribution is 2.24. The van der Waals surface area contributed by atoms with Crippen LogP contribution in [0.25, 0.3) is 0 Å². The monoisotopic (exact) mass is 333 g/mol. The molecule has 3 nitrogen and oxygen atoms in total. The summed E-state index contributed by atoms with van der Waals surface area (Å²) in [5.41, 5.74) is -1.04. The largest absolute Gasteiger partial charge is 0.381 e. The fourth-order valence-electron chi connectivity index (χ4n) is 2.07. The van der Waals surface area contributed by atoms with Crippen molar-refractivity contribution in [2.45, 2.75) is 18.4 Å². The lowest BCUT2D eigenvalue weighted by molar-refractivity contribution is 0.0439. The van der Waals surface area contributed by atoms with Gasteiger partial charge in [-0.3, -0.25) is 4.79 Å². The molecule has 0 aromatic heterocycles. The van der Waals surface area contributed by atoms with Gasteiger partial charge in [0.1, 0.15) is 17.2 Å². The lowest BCUT2D eigenvalue weighted by Gasteiger charge is -2.36. The van der Waals surface area contributed by atoms with Crippen molar-refractivity contribution in [3.05, 3.63) is 35.4 Å². The molecule has 6 heteroatoms. The van der Waals surface area contributed by atoms with Crippen LogP contribution in [0, 0.1) is 11.6 Å². The van der Waals surface area contributed by atoms with Crippen molar-refractivity contribution in [2.24, 2.45) is 0 Å². The molecule has 0 atom stereocenters. The van der Waals surface area contributed by atoms with Crippen LogP contribution < -0.4 is 5.32 Å². The molecule has 19 heavy (non-hydrogen) atoms.